The highest BCUT2D eigenvalue weighted by atomic mass is 16.5. The SMILES string of the molecule is COCC1CN(C2CCCCC2)CC2(CCN(C(=O)c3ccc(OC(C)C)c(C)c3)CC2)O1. The number of rotatable bonds is 6. The quantitative estimate of drug-likeness (QED) is 0.631. The van der Waals surface area contributed by atoms with Crippen molar-refractivity contribution in [2.24, 2.45) is 0 Å². The smallest absolute Gasteiger partial charge is 0.253 e. The summed E-state index contributed by atoms with van der Waals surface area (Å²) in [5, 5.41) is 0. The molecule has 1 aromatic carbocycles. The van der Waals surface area contributed by atoms with Crippen LogP contribution in [0.15, 0.2) is 18.2 Å². The first-order valence-electron chi connectivity index (χ1n) is 12.9. The molecule has 3 aliphatic rings. The van der Waals surface area contributed by atoms with Gasteiger partial charge in [-0.1, -0.05) is 19.3 Å². The molecule has 4 rings (SSSR count). The minimum absolute atomic E-state index is 0.109. The van der Waals surface area contributed by atoms with Crippen molar-refractivity contribution in [2.45, 2.75) is 89.6 Å². The molecule has 0 bridgehead atoms. The van der Waals surface area contributed by atoms with Gasteiger partial charge < -0.3 is 19.1 Å². The lowest BCUT2D eigenvalue weighted by molar-refractivity contribution is -0.193. The molecule has 1 spiro atoms. The molecule has 1 aliphatic carbocycles. The molecule has 1 aromatic rings. The molecular weight excluding hydrogens is 416 g/mol. The number of methoxy groups -OCH3 is 1. The molecular formula is C27H42N2O4. The Bertz CT molecular complexity index is 797. The maximum atomic E-state index is 13.2. The maximum absolute atomic E-state index is 13.2. The number of likely N-dealkylation sites (tertiary alicyclic amines) is 1. The minimum atomic E-state index is -0.166. The zero-order valence-corrected chi connectivity index (χ0v) is 21.0. The summed E-state index contributed by atoms with van der Waals surface area (Å²) in [5.41, 5.74) is 1.58. The molecule has 2 aliphatic heterocycles. The first kappa shape index (κ1) is 24.5. The van der Waals surface area contributed by atoms with Gasteiger partial charge >= 0.3 is 0 Å². The first-order chi connectivity index (χ1) is 15.9. The monoisotopic (exact) mass is 458 g/mol. The number of hydrogen-bond donors (Lipinski definition) is 0. The number of benzene rings is 1. The number of nitrogens with zero attached hydrogens (tertiary/aromatic N) is 2. The Labute approximate surface area is 199 Å². The molecule has 33 heavy (non-hydrogen) atoms. The Morgan fingerprint density at radius 2 is 1.91 bits per heavy atom. The molecule has 1 unspecified atom stereocenters. The number of amides is 1. The number of piperidine rings is 1. The van der Waals surface area contributed by atoms with Crippen LogP contribution in [-0.4, -0.2) is 79.5 Å². The Morgan fingerprint density at radius 1 is 1.18 bits per heavy atom. The van der Waals surface area contributed by atoms with Crippen LogP contribution in [0.5, 0.6) is 5.75 Å². The molecule has 6 heteroatoms. The number of carbonyl (C=O) groups is 1. The summed E-state index contributed by atoms with van der Waals surface area (Å²) in [5.74, 6) is 0.958. The Kier molecular flexibility index (Phi) is 7.98. The van der Waals surface area contributed by atoms with Crippen LogP contribution in [-0.2, 0) is 9.47 Å². The normalized spacial score (nSPS) is 24.4. The zero-order valence-electron chi connectivity index (χ0n) is 21.0. The van der Waals surface area contributed by atoms with E-state index in [0.717, 1.165) is 55.9 Å². The molecule has 2 saturated heterocycles. The van der Waals surface area contributed by atoms with Gasteiger partial charge in [0.15, 0.2) is 0 Å². The topological polar surface area (TPSA) is 51.2 Å². The fourth-order valence-electron chi connectivity index (χ4n) is 5.87. The van der Waals surface area contributed by atoms with Crippen LogP contribution in [0.3, 0.4) is 0 Å². The highest BCUT2D eigenvalue weighted by Gasteiger charge is 2.45. The van der Waals surface area contributed by atoms with Crippen molar-refractivity contribution in [3.63, 3.8) is 0 Å². The van der Waals surface area contributed by atoms with Crippen LogP contribution in [0.4, 0.5) is 0 Å². The van der Waals surface area contributed by atoms with Crippen LogP contribution in [0.2, 0.25) is 0 Å². The molecule has 6 nitrogen and oxygen atoms in total. The standard InChI is InChI=1S/C27H42N2O4/c1-20(2)32-25-11-10-22(16-21(25)3)26(30)28-14-12-27(13-15-28)19-29(17-24(33-27)18-31-4)23-8-6-5-7-9-23/h10-11,16,20,23-24H,5-9,12-15,17-19H2,1-4H3. The van der Waals surface area contributed by atoms with E-state index in [2.05, 4.69) is 4.90 Å². The summed E-state index contributed by atoms with van der Waals surface area (Å²) < 4.78 is 18.0. The molecule has 1 atom stereocenters. The lowest BCUT2D eigenvalue weighted by Crippen LogP contribution is -2.62. The van der Waals surface area contributed by atoms with Crippen LogP contribution < -0.4 is 4.74 Å². The van der Waals surface area contributed by atoms with Crippen molar-refractivity contribution in [2.75, 3.05) is 39.9 Å². The molecule has 184 valence electrons. The Hall–Kier alpha value is -1.63. The fraction of sp³-hybridized carbons (Fsp3) is 0.741. The summed E-state index contributed by atoms with van der Waals surface area (Å²) in [7, 11) is 1.76. The number of ether oxygens (including phenoxy) is 3. The number of aryl methyl sites for hydroxylation is 1. The second-order valence-electron chi connectivity index (χ2n) is 10.5. The maximum Gasteiger partial charge on any atom is 0.253 e. The van der Waals surface area contributed by atoms with E-state index in [-0.39, 0.29) is 23.7 Å². The van der Waals surface area contributed by atoms with E-state index in [1.165, 1.54) is 32.1 Å². The highest BCUT2D eigenvalue weighted by molar-refractivity contribution is 5.94. The van der Waals surface area contributed by atoms with Crippen LogP contribution in [0.1, 0.15) is 74.7 Å². The average Bonchev–Trinajstić information content (AvgIpc) is 2.81. The molecule has 1 saturated carbocycles. The lowest BCUT2D eigenvalue weighted by Gasteiger charge is -2.52. The van der Waals surface area contributed by atoms with Gasteiger partial charge in [-0.2, -0.15) is 0 Å². The van der Waals surface area contributed by atoms with Gasteiger partial charge in [-0.05, 0) is 70.2 Å². The van der Waals surface area contributed by atoms with Gasteiger partial charge in [-0.15, -0.1) is 0 Å². The van der Waals surface area contributed by atoms with E-state index in [0.29, 0.717) is 12.6 Å². The fourth-order valence-corrected chi connectivity index (χ4v) is 5.87. The van der Waals surface area contributed by atoms with Gasteiger partial charge in [-0.25, -0.2) is 0 Å². The van der Waals surface area contributed by atoms with Gasteiger partial charge in [0, 0.05) is 44.9 Å². The Morgan fingerprint density at radius 3 is 2.55 bits per heavy atom. The van der Waals surface area contributed by atoms with E-state index >= 15 is 0 Å². The van der Waals surface area contributed by atoms with Crippen LogP contribution in [0.25, 0.3) is 0 Å². The second-order valence-corrected chi connectivity index (χ2v) is 10.5. The van der Waals surface area contributed by atoms with E-state index in [9.17, 15) is 4.79 Å². The molecule has 2 heterocycles. The predicted molar refractivity (Wildman–Crippen MR) is 130 cm³/mol. The minimum Gasteiger partial charge on any atom is -0.491 e. The van der Waals surface area contributed by atoms with Crippen molar-refractivity contribution >= 4 is 5.91 Å². The summed E-state index contributed by atoms with van der Waals surface area (Å²) in [6.45, 7) is 10.1. The van der Waals surface area contributed by atoms with E-state index in [1.807, 2.05) is 43.9 Å². The molecule has 0 radical (unpaired) electrons. The Balaban J connectivity index is 1.40. The lowest BCUT2D eigenvalue weighted by atomic mass is 9.86. The zero-order chi connectivity index (χ0) is 23.4. The summed E-state index contributed by atoms with van der Waals surface area (Å²) in [6.07, 6.45) is 8.66. The second kappa shape index (κ2) is 10.7. The molecule has 1 amide bonds. The summed E-state index contributed by atoms with van der Waals surface area (Å²) >= 11 is 0. The first-order valence-corrected chi connectivity index (χ1v) is 12.9. The van der Waals surface area contributed by atoms with E-state index in [4.69, 9.17) is 14.2 Å². The number of morpholine rings is 1. The van der Waals surface area contributed by atoms with Crippen molar-refractivity contribution < 1.29 is 19.0 Å². The molecule has 0 aromatic heterocycles. The largest absolute Gasteiger partial charge is 0.491 e. The predicted octanol–water partition coefficient (Wildman–Crippen LogP) is 4.44. The summed E-state index contributed by atoms with van der Waals surface area (Å²) in [4.78, 5) is 17.9. The molecule has 3 fully saturated rings. The molecule has 0 N–H and O–H groups in total. The van der Waals surface area contributed by atoms with Crippen molar-refractivity contribution in [1.82, 2.24) is 9.80 Å². The van der Waals surface area contributed by atoms with Crippen molar-refractivity contribution in [3.8, 4) is 5.75 Å². The summed E-state index contributed by atoms with van der Waals surface area (Å²) in [6, 6.07) is 6.46. The number of hydrogen-bond acceptors (Lipinski definition) is 5. The highest BCUT2D eigenvalue weighted by Crippen LogP contribution is 2.36. The van der Waals surface area contributed by atoms with Crippen molar-refractivity contribution in [3.05, 3.63) is 29.3 Å². The van der Waals surface area contributed by atoms with Gasteiger partial charge in [0.25, 0.3) is 5.91 Å². The third-order valence-corrected chi connectivity index (χ3v) is 7.54. The van der Waals surface area contributed by atoms with Gasteiger partial charge in [-0.3, -0.25) is 9.69 Å². The van der Waals surface area contributed by atoms with Gasteiger partial charge in [0.2, 0.25) is 0 Å². The van der Waals surface area contributed by atoms with Crippen LogP contribution in [0, 0.1) is 6.92 Å². The number of carbonyl (C=O) groups excluding carboxylic acids is 1. The van der Waals surface area contributed by atoms with Gasteiger partial charge in [0.05, 0.1) is 24.4 Å². The van der Waals surface area contributed by atoms with E-state index in [1.54, 1.807) is 7.11 Å². The third-order valence-electron chi connectivity index (χ3n) is 7.54. The van der Waals surface area contributed by atoms with Crippen LogP contribution >= 0.6 is 0 Å². The third kappa shape index (κ3) is 5.90. The van der Waals surface area contributed by atoms with Crippen molar-refractivity contribution in [1.29, 1.82) is 0 Å². The average molecular weight is 459 g/mol. The van der Waals surface area contributed by atoms with E-state index < -0.39 is 0 Å². The van der Waals surface area contributed by atoms with Gasteiger partial charge in [0.1, 0.15) is 5.75 Å².